The first-order valence-corrected chi connectivity index (χ1v) is 12.2. The fourth-order valence-corrected chi connectivity index (χ4v) is 4.79. The molecular formula is C19H23N3O5S2. The molecule has 29 heavy (non-hydrogen) atoms. The van der Waals surface area contributed by atoms with Gasteiger partial charge in [-0.1, -0.05) is 6.07 Å². The van der Waals surface area contributed by atoms with Crippen LogP contribution in [-0.4, -0.2) is 40.7 Å². The van der Waals surface area contributed by atoms with E-state index in [1.54, 1.807) is 17.9 Å². The van der Waals surface area contributed by atoms with E-state index < -0.39 is 20.0 Å². The maximum atomic E-state index is 12.8. The lowest BCUT2D eigenvalue weighted by atomic mass is 10.1. The van der Waals surface area contributed by atoms with Crippen LogP contribution in [0.15, 0.2) is 52.3 Å². The van der Waals surface area contributed by atoms with Crippen LogP contribution in [-0.2, 0) is 20.0 Å². The number of piperidine rings is 1. The van der Waals surface area contributed by atoms with Gasteiger partial charge in [0.15, 0.2) is 0 Å². The average molecular weight is 438 g/mol. The number of primary sulfonamides is 1. The Labute approximate surface area is 170 Å². The summed E-state index contributed by atoms with van der Waals surface area (Å²) >= 11 is 0. The SMILES string of the molecule is Cc1ccc(S(=O)(=O)Nc2ccc(S(N)(=O)=O)cc2)cc1C(=O)N1CCCCC1. The number of aryl methyl sites for hydroxylation is 1. The molecule has 1 aliphatic heterocycles. The molecular weight excluding hydrogens is 414 g/mol. The van der Waals surface area contributed by atoms with E-state index in [9.17, 15) is 21.6 Å². The highest BCUT2D eigenvalue weighted by Gasteiger charge is 2.23. The summed E-state index contributed by atoms with van der Waals surface area (Å²) in [5, 5.41) is 5.04. The molecule has 0 saturated carbocycles. The van der Waals surface area contributed by atoms with Gasteiger partial charge in [0, 0.05) is 24.3 Å². The molecule has 10 heteroatoms. The standard InChI is InChI=1S/C19H23N3O5S2/c1-14-5-8-17(13-18(14)19(23)22-11-3-2-4-12-22)29(26,27)21-15-6-9-16(10-7-15)28(20,24)25/h5-10,13,21H,2-4,11-12H2,1H3,(H2,20,24,25). The van der Waals surface area contributed by atoms with Crippen molar-refractivity contribution in [3.8, 4) is 0 Å². The zero-order valence-electron chi connectivity index (χ0n) is 16.0. The molecule has 0 atom stereocenters. The molecule has 8 nitrogen and oxygen atoms in total. The molecule has 1 saturated heterocycles. The maximum absolute atomic E-state index is 12.8. The van der Waals surface area contributed by atoms with Gasteiger partial charge in [-0.25, -0.2) is 22.0 Å². The molecule has 0 aliphatic carbocycles. The zero-order valence-corrected chi connectivity index (χ0v) is 17.6. The van der Waals surface area contributed by atoms with E-state index >= 15 is 0 Å². The maximum Gasteiger partial charge on any atom is 0.261 e. The van der Waals surface area contributed by atoms with Gasteiger partial charge in [0.1, 0.15) is 0 Å². The summed E-state index contributed by atoms with van der Waals surface area (Å²) in [5.74, 6) is -0.170. The van der Waals surface area contributed by atoms with Gasteiger partial charge in [0.2, 0.25) is 10.0 Å². The highest BCUT2D eigenvalue weighted by molar-refractivity contribution is 7.92. The van der Waals surface area contributed by atoms with Crippen LogP contribution in [0, 0.1) is 6.92 Å². The smallest absolute Gasteiger partial charge is 0.261 e. The van der Waals surface area contributed by atoms with Gasteiger partial charge < -0.3 is 4.90 Å². The lowest BCUT2D eigenvalue weighted by Gasteiger charge is -2.27. The van der Waals surface area contributed by atoms with Crippen molar-refractivity contribution in [3.05, 3.63) is 53.6 Å². The van der Waals surface area contributed by atoms with Crippen LogP contribution < -0.4 is 9.86 Å². The molecule has 0 aromatic heterocycles. The predicted molar refractivity (Wildman–Crippen MR) is 110 cm³/mol. The van der Waals surface area contributed by atoms with Gasteiger partial charge in [-0.3, -0.25) is 9.52 Å². The van der Waals surface area contributed by atoms with Crippen LogP contribution in [0.3, 0.4) is 0 Å². The number of hydrogen-bond acceptors (Lipinski definition) is 5. The molecule has 2 aromatic carbocycles. The van der Waals surface area contributed by atoms with E-state index in [1.807, 2.05) is 0 Å². The molecule has 0 spiro atoms. The quantitative estimate of drug-likeness (QED) is 0.740. The Balaban J connectivity index is 1.86. The van der Waals surface area contributed by atoms with Gasteiger partial charge in [-0.2, -0.15) is 0 Å². The monoisotopic (exact) mass is 437 g/mol. The number of hydrogen-bond donors (Lipinski definition) is 2. The lowest BCUT2D eigenvalue weighted by molar-refractivity contribution is 0.0723. The lowest BCUT2D eigenvalue weighted by Crippen LogP contribution is -2.36. The van der Waals surface area contributed by atoms with Crippen LogP contribution in [0.2, 0.25) is 0 Å². The molecule has 1 aliphatic rings. The third-order valence-corrected chi connectivity index (χ3v) is 7.14. The molecule has 3 N–H and O–H groups in total. The molecule has 1 heterocycles. The van der Waals surface area contributed by atoms with E-state index in [-0.39, 0.29) is 21.4 Å². The first-order chi connectivity index (χ1) is 13.6. The van der Waals surface area contributed by atoms with Crippen LogP contribution in [0.25, 0.3) is 0 Å². The summed E-state index contributed by atoms with van der Waals surface area (Å²) in [5.41, 5.74) is 1.25. The van der Waals surface area contributed by atoms with Crippen LogP contribution in [0.1, 0.15) is 35.2 Å². The van der Waals surface area contributed by atoms with Crippen LogP contribution in [0.5, 0.6) is 0 Å². The number of nitrogens with zero attached hydrogens (tertiary/aromatic N) is 1. The topological polar surface area (TPSA) is 127 Å². The number of benzene rings is 2. The number of rotatable bonds is 5. The first kappa shape index (κ1) is 21.3. The summed E-state index contributed by atoms with van der Waals surface area (Å²) in [4.78, 5) is 14.4. The highest BCUT2D eigenvalue weighted by Crippen LogP contribution is 2.22. The largest absolute Gasteiger partial charge is 0.339 e. The summed E-state index contributed by atoms with van der Waals surface area (Å²) in [7, 11) is -7.83. The van der Waals surface area contributed by atoms with E-state index in [4.69, 9.17) is 5.14 Å². The average Bonchev–Trinajstić information content (AvgIpc) is 2.68. The van der Waals surface area contributed by atoms with Crippen molar-refractivity contribution in [1.29, 1.82) is 0 Å². The Morgan fingerprint density at radius 3 is 2.10 bits per heavy atom. The van der Waals surface area contributed by atoms with Crippen molar-refractivity contribution >= 4 is 31.6 Å². The van der Waals surface area contributed by atoms with Gasteiger partial charge in [0.25, 0.3) is 15.9 Å². The molecule has 0 radical (unpaired) electrons. The minimum atomic E-state index is -3.97. The fraction of sp³-hybridized carbons (Fsp3) is 0.316. The van der Waals surface area contributed by atoms with Gasteiger partial charge in [-0.15, -0.1) is 0 Å². The summed E-state index contributed by atoms with van der Waals surface area (Å²) in [6, 6.07) is 9.48. The normalized spacial score (nSPS) is 15.2. The molecule has 0 unspecified atom stereocenters. The second-order valence-electron chi connectivity index (χ2n) is 7.00. The summed E-state index contributed by atoms with van der Waals surface area (Å²) in [6.45, 7) is 3.11. The third kappa shape index (κ3) is 4.95. The van der Waals surface area contributed by atoms with Crippen molar-refractivity contribution in [2.45, 2.75) is 36.0 Å². The second-order valence-corrected chi connectivity index (χ2v) is 10.2. The minimum Gasteiger partial charge on any atom is -0.339 e. The Morgan fingerprint density at radius 1 is 0.931 bits per heavy atom. The number of carbonyl (C=O) groups is 1. The van der Waals surface area contributed by atoms with E-state index in [2.05, 4.69) is 4.72 Å². The Kier molecular flexibility index (Phi) is 5.97. The summed E-state index contributed by atoms with van der Waals surface area (Å²) < 4.78 is 50.6. The number of nitrogens with one attached hydrogen (secondary N) is 1. The van der Waals surface area contributed by atoms with Crippen LogP contribution >= 0.6 is 0 Å². The predicted octanol–water partition coefficient (Wildman–Crippen LogP) is 2.07. The van der Waals surface area contributed by atoms with Crippen molar-refractivity contribution in [3.63, 3.8) is 0 Å². The summed E-state index contributed by atoms with van der Waals surface area (Å²) in [6.07, 6.45) is 2.98. The molecule has 0 bridgehead atoms. The number of anilines is 1. The van der Waals surface area contributed by atoms with E-state index in [0.717, 1.165) is 19.3 Å². The van der Waals surface area contributed by atoms with Crippen molar-refractivity contribution in [1.82, 2.24) is 4.90 Å². The second kappa shape index (κ2) is 8.13. The van der Waals surface area contributed by atoms with E-state index in [0.29, 0.717) is 24.2 Å². The van der Waals surface area contributed by atoms with Crippen molar-refractivity contribution in [2.24, 2.45) is 5.14 Å². The first-order valence-electron chi connectivity index (χ1n) is 9.13. The number of nitrogens with two attached hydrogens (primary N) is 1. The number of amides is 1. The molecule has 1 amide bonds. The van der Waals surface area contributed by atoms with Gasteiger partial charge >= 0.3 is 0 Å². The molecule has 3 rings (SSSR count). The number of likely N-dealkylation sites (tertiary alicyclic amines) is 1. The number of sulfonamides is 2. The third-order valence-electron chi connectivity index (χ3n) is 4.83. The molecule has 1 fully saturated rings. The molecule has 2 aromatic rings. The Morgan fingerprint density at radius 2 is 1.52 bits per heavy atom. The van der Waals surface area contributed by atoms with E-state index in [1.165, 1.54) is 36.4 Å². The fourth-order valence-electron chi connectivity index (χ4n) is 3.19. The van der Waals surface area contributed by atoms with Crippen LogP contribution in [0.4, 0.5) is 5.69 Å². The zero-order chi connectivity index (χ0) is 21.2. The molecule has 156 valence electrons. The van der Waals surface area contributed by atoms with Crippen molar-refractivity contribution < 1.29 is 21.6 Å². The number of carbonyl (C=O) groups excluding carboxylic acids is 1. The van der Waals surface area contributed by atoms with Gasteiger partial charge in [0.05, 0.1) is 9.79 Å². The Bertz CT molecular complexity index is 1120. The van der Waals surface area contributed by atoms with Gasteiger partial charge in [-0.05, 0) is 68.1 Å². The highest BCUT2D eigenvalue weighted by atomic mass is 32.2. The minimum absolute atomic E-state index is 0.0426. The Hall–Kier alpha value is -2.43. The van der Waals surface area contributed by atoms with Crippen molar-refractivity contribution in [2.75, 3.05) is 17.8 Å².